The molecule has 1 aliphatic heterocycles. The molecule has 0 spiro atoms. The van der Waals surface area contributed by atoms with E-state index in [0.29, 0.717) is 6.04 Å². The molecule has 4 heteroatoms. The highest BCUT2D eigenvalue weighted by atomic mass is 32.1. The van der Waals surface area contributed by atoms with Crippen LogP contribution in [0, 0.1) is 11.7 Å². The number of aromatic amines is 1. The van der Waals surface area contributed by atoms with Crippen molar-refractivity contribution in [3.8, 4) is 0 Å². The van der Waals surface area contributed by atoms with Gasteiger partial charge in [0.2, 0.25) is 0 Å². The Morgan fingerprint density at radius 3 is 2.95 bits per heavy atom. The van der Waals surface area contributed by atoms with Gasteiger partial charge in [0, 0.05) is 12.6 Å². The molecule has 0 radical (unpaired) electrons. The summed E-state index contributed by atoms with van der Waals surface area (Å²) in [5.74, 6) is 0. The topological polar surface area (TPSA) is 29.9 Å². The minimum absolute atomic E-state index is 0.0655. The summed E-state index contributed by atoms with van der Waals surface area (Å²) in [6.45, 7) is 7.26. The van der Waals surface area contributed by atoms with Gasteiger partial charge in [-0.25, -0.2) is 0 Å². The molecular formula is C15H20N2OS. The molecule has 3 rings (SSSR count). The van der Waals surface area contributed by atoms with Crippen LogP contribution in [0.2, 0.25) is 0 Å². The highest BCUT2D eigenvalue weighted by Crippen LogP contribution is 2.34. The molecule has 1 saturated heterocycles. The van der Waals surface area contributed by atoms with E-state index in [9.17, 15) is 0 Å². The maximum atomic E-state index is 5.82. The standard InChI is InChI=1S/C15H20N2OS/c1-10-5-4-6-12-13(10)17(14(19)16-12)11-7-8-18-15(2,3)9-11/h4-6,11H,7-9H2,1-3H3,(H,16,19). The lowest BCUT2D eigenvalue weighted by atomic mass is 9.93. The Labute approximate surface area is 118 Å². The first-order chi connectivity index (χ1) is 8.98. The van der Waals surface area contributed by atoms with E-state index in [1.165, 1.54) is 11.1 Å². The first-order valence-corrected chi connectivity index (χ1v) is 7.22. The van der Waals surface area contributed by atoms with Crippen LogP contribution in [0.25, 0.3) is 11.0 Å². The number of nitrogens with one attached hydrogen (secondary N) is 1. The lowest BCUT2D eigenvalue weighted by Gasteiger charge is -2.36. The molecule has 1 aromatic heterocycles. The van der Waals surface area contributed by atoms with Crippen LogP contribution in [0.4, 0.5) is 0 Å². The summed E-state index contributed by atoms with van der Waals surface area (Å²) in [6.07, 6.45) is 2.03. The zero-order chi connectivity index (χ0) is 13.6. The van der Waals surface area contributed by atoms with Crippen molar-refractivity contribution in [2.24, 2.45) is 0 Å². The van der Waals surface area contributed by atoms with Crippen molar-refractivity contribution in [3.05, 3.63) is 28.5 Å². The molecule has 1 aliphatic rings. The zero-order valence-corrected chi connectivity index (χ0v) is 12.5. The van der Waals surface area contributed by atoms with Crippen LogP contribution in [0.15, 0.2) is 18.2 Å². The number of rotatable bonds is 1. The van der Waals surface area contributed by atoms with E-state index in [4.69, 9.17) is 17.0 Å². The molecule has 1 N–H and O–H groups in total. The number of aromatic nitrogens is 2. The fourth-order valence-electron chi connectivity index (χ4n) is 3.13. The van der Waals surface area contributed by atoms with E-state index >= 15 is 0 Å². The van der Waals surface area contributed by atoms with E-state index in [1.807, 2.05) is 0 Å². The van der Waals surface area contributed by atoms with Gasteiger partial charge in [-0.05, 0) is 57.5 Å². The van der Waals surface area contributed by atoms with Gasteiger partial charge in [0.1, 0.15) is 0 Å². The highest BCUT2D eigenvalue weighted by molar-refractivity contribution is 7.71. The molecule has 0 amide bonds. The Balaban J connectivity index is 2.15. The molecule has 0 aliphatic carbocycles. The summed E-state index contributed by atoms with van der Waals surface area (Å²) in [7, 11) is 0. The normalized spacial score (nSPS) is 22.8. The van der Waals surface area contributed by atoms with Crippen molar-refractivity contribution in [1.29, 1.82) is 0 Å². The second-order valence-electron chi connectivity index (χ2n) is 6.03. The Bertz CT molecular complexity index is 668. The van der Waals surface area contributed by atoms with E-state index in [0.717, 1.165) is 29.7 Å². The Morgan fingerprint density at radius 2 is 2.21 bits per heavy atom. The molecule has 0 saturated carbocycles. The first-order valence-electron chi connectivity index (χ1n) is 6.82. The fraction of sp³-hybridized carbons (Fsp3) is 0.533. The van der Waals surface area contributed by atoms with Gasteiger partial charge < -0.3 is 14.3 Å². The number of ether oxygens (including phenoxy) is 1. The molecule has 19 heavy (non-hydrogen) atoms. The van der Waals surface area contributed by atoms with Crippen molar-refractivity contribution in [2.75, 3.05) is 6.61 Å². The average molecular weight is 276 g/mol. The minimum Gasteiger partial charge on any atom is -0.375 e. The van der Waals surface area contributed by atoms with Crippen molar-refractivity contribution >= 4 is 23.3 Å². The number of benzene rings is 1. The number of imidazole rings is 1. The number of para-hydroxylation sites is 1. The van der Waals surface area contributed by atoms with Crippen LogP contribution in [0.3, 0.4) is 0 Å². The van der Waals surface area contributed by atoms with Gasteiger partial charge in [-0.2, -0.15) is 0 Å². The van der Waals surface area contributed by atoms with E-state index in [1.54, 1.807) is 0 Å². The lowest BCUT2D eigenvalue weighted by Crippen LogP contribution is -2.35. The average Bonchev–Trinajstić information content (AvgIpc) is 2.65. The summed E-state index contributed by atoms with van der Waals surface area (Å²) in [5.41, 5.74) is 3.59. The zero-order valence-electron chi connectivity index (χ0n) is 11.7. The Morgan fingerprint density at radius 1 is 1.42 bits per heavy atom. The second-order valence-corrected chi connectivity index (χ2v) is 6.41. The molecule has 1 fully saturated rings. The number of fused-ring (bicyclic) bond motifs is 1. The molecule has 1 unspecified atom stereocenters. The summed E-state index contributed by atoms with van der Waals surface area (Å²) in [6, 6.07) is 6.73. The molecule has 0 bridgehead atoms. The molecule has 2 aromatic rings. The number of hydrogen-bond donors (Lipinski definition) is 1. The van der Waals surface area contributed by atoms with Gasteiger partial charge in [-0.15, -0.1) is 0 Å². The van der Waals surface area contributed by atoms with Crippen LogP contribution >= 0.6 is 12.2 Å². The lowest BCUT2D eigenvalue weighted by molar-refractivity contribution is -0.0687. The number of nitrogens with zero attached hydrogens (tertiary/aromatic N) is 1. The first kappa shape index (κ1) is 12.9. The molecular weight excluding hydrogens is 256 g/mol. The predicted octanol–water partition coefficient (Wildman–Crippen LogP) is 4.14. The second kappa shape index (κ2) is 4.46. The Kier molecular flexibility index (Phi) is 3.02. The van der Waals surface area contributed by atoms with Crippen LogP contribution in [0.1, 0.15) is 38.3 Å². The Hall–Kier alpha value is -1.13. The monoisotopic (exact) mass is 276 g/mol. The number of hydrogen-bond acceptors (Lipinski definition) is 2. The molecule has 3 nitrogen and oxygen atoms in total. The molecule has 1 atom stereocenters. The van der Waals surface area contributed by atoms with Gasteiger partial charge in [0.15, 0.2) is 4.77 Å². The highest BCUT2D eigenvalue weighted by Gasteiger charge is 2.31. The van der Waals surface area contributed by atoms with Crippen molar-refractivity contribution < 1.29 is 4.74 Å². The third-order valence-electron chi connectivity index (χ3n) is 3.98. The summed E-state index contributed by atoms with van der Waals surface area (Å²) in [5, 5.41) is 0. The SMILES string of the molecule is Cc1cccc2[nH]c(=S)n(C3CCOC(C)(C)C3)c12. The molecule has 102 valence electrons. The third-order valence-corrected chi connectivity index (χ3v) is 4.27. The molecule has 1 aromatic carbocycles. The van der Waals surface area contributed by atoms with Gasteiger partial charge in [-0.3, -0.25) is 0 Å². The van der Waals surface area contributed by atoms with Crippen LogP contribution in [-0.4, -0.2) is 21.8 Å². The van der Waals surface area contributed by atoms with Crippen LogP contribution in [-0.2, 0) is 4.74 Å². The summed E-state index contributed by atoms with van der Waals surface area (Å²) >= 11 is 5.53. The largest absolute Gasteiger partial charge is 0.375 e. The minimum atomic E-state index is -0.0655. The predicted molar refractivity (Wildman–Crippen MR) is 80.2 cm³/mol. The van der Waals surface area contributed by atoms with E-state index in [2.05, 4.69) is 48.5 Å². The van der Waals surface area contributed by atoms with E-state index in [-0.39, 0.29) is 5.60 Å². The third kappa shape index (κ3) is 2.23. The van der Waals surface area contributed by atoms with Gasteiger partial charge in [0.05, 0.1) is 16.6 Å². The summed E-state index contributed by atoms with van der Waals surface area (Å²) < 4.78 is 8.94. The van der Waals surface area contributed by atoms with Crippen molar-refractivity contribution in [1.82, 2.24) is 9.55 Å². The maximum absolute atomic E-state index is 5.82. The maximum Gasteiger partial charge on any atom is 0.178 e. The number of aryl methyl sites for hydroxylation is 1. The van der Waals surface area contributed by atoms with Crippen molar-refractivity contribution in [2.45, 2.75) is 45.3 Å². The number of H-pyrrole nitrogens is 1. The van der Waals surface area contributed by atoms with Gasteiger partial charge >= 0.3 is 0 Å². The quantitative estimate of drug-likeness (QED) is 0.793. The summed E-state index contributed by atoms with van der Waals surface area (Å²) in [4.78, 5) is 3.33. The molecule has 2 heterocycles. The van der Waals surface area contributed by atoms with Crippen LogP contribution < -0.4 is 0 Å². The smallest absolute Gasteiger partial charge is 0.178 e. The van der Waals surface area contributed by atoms with Gasteiger partial charge in [-0.1, -0.05) is 12.1 Å². The van der Waals surface area contributed by atoms with Crippen molar-refractivity contribution in [3.63, 3.8) is 0 Å². The fourth-order valence-corrected chi connectivity index (χ4v) is 3.48. The van der Waals surface area contributed by atoms with Crippen LogP contribution in [0.5, 0.6) is 0 Å². The van der Waals surface area contributed by atoms with E-state index < -0.39 is 0 Å². The van der Waals surface area contributed by atoms with Gasteiger partial charge in [0.25, 0.3) is 0 Å².